The first kappa shape index (κ1) is 11.4. The molecule has 0 amide bonds. The van der Waals surface area contributed by atoms with Crippen LogP contribution >= 0.6 is 0 Å². The number of piperazine rings is 1. The van der Waals surface area contributed by atoms with E-state index in [1.807, 2.05) is 0 Å². The minimum absolute atomic E-state index is 0.773. The van der Waals surface area contributed by atoms with Crippen LogP contribution in [0.5, 0.6) is 0 Å². The van der Waals surface area contributed by atoms with Crippen molar-refractivity contribution in [1.82, 2.24) is 10.2 Å². The zero-order valence-corrected chi connectivity index (χ0v) is 9.87. The zero-order chi connectivity index (χ0) is 10.5. The van der Waals surface area contributed by atoms with Gasteiger partial charge in [0.05, 0.1) is 0 Å². The van der Waals surface area contributed by atoms with E-state index in [0.29, 0.717) is 0 Å². The average molecular weight is 212 g/mol. The molecule has 0 radical (unpaired) electrons. The number of methoxy groups -OCH3 is 1. The molecule has 0 spiro atoms. The van der Waals surface area contributed by atoms with E-state index in [2.05, 4.69) is 10.2 Å². The Morgan fingerprint density at radius 2 is 2.20 bits per heavy atom. The van der Waals surface area contributed by atoms with Gasteiger partial charge in [-0.05, 0) is 19.3 Å². The first-order valence-electron chi connectivity index (χ1n) is 6.38. The molecule has 1 aliphatic heterocycles. The molecule has 0 bridgehead atoms. The fourth-order valence-corrected chi connectivity index (χ4v) is 3.04. The van der Waals surface area contributed by atoms with E-state index >= 15 is 0 Å². The number of hydrogen-bond donors (Lipinski definition) is 1. The van der Waals surface area contributed by atoms with Gasteiger partial charge >= 0.3 is 0 Å². The monoisotopic (exact) mass is 212 g/mol. The van der Waals surface area contributed by atoms with Crippen LogP contribution in [0.25, 0.3) is 0 Å². The van der Waals surface area contributed by atoms with Gasteiger partial charge in [-0.15, -0.1) is 0 Å². The minimum atomic E-state index is 0.773. The summed E-state index contributed by atoms with van der Waals surface area (Å²) in [5.74, 6) is 0. The van der Waals surface area contributed by atoms with Crippen LogP contribution in [0.3, 0.4) is 0 Å². The highest BCUT2D eigenvalue weighted by atomic mass is 16.5. The van der Waals surface area contributed by atoms with Crippen LogP contribution in [0.15, 0.2) is 0 Å². The van der Waals surface area contributed by atoms with Crippen LogP contribution in [0, 0.1) is 0 Å². The second-order valence-corrected chi connectivity index (χ2v) is 4.79. The molecule has 1 saturated carbocycles. The van der Waals surface area contributed by atoms with Gasteiger partial charge in [0.15, 0.2) is 0 Å². The molecule has 1 heterocycles. The molecule has 0 aromatic heterocycles. The van der Waals surface area contributed by atoms with Gasteiger partial charge < -0.3 is 10.1 Å². The van der Waals surface area contributed by atoms with Crippen molar-refractivity contribution in [2.75, 3.05) is 33.4 Å². The maximum Gasteiger partial charge on any atom is 0.0474 e. The van der Waals surface area contributed by atoms with Crippen molar-refractivity contribution in [3.63, 3.8) is 0 Å². The van der Waals surface area contributed by atoms with Crippen molar-refractivity contribution in [3.05, 3.63) is 0 Å². The number of hydrogen-bond acceptors (Lipinski definition) is 3. The summed E-state index contributed by atoms with van der Waals surface area (Å²) in [5.41, 5.74) is 0. The lowest BCUT2D eigenvalue weighted by molar-refractivity contribution is 0.0772. The van der Waals surface area contributed by atoms with Gasteiger partial charge in [-0.1, -0.05) is 12.8 Å². The lowest BCUT2D eigenvalue weighted by Gasteiger charge is -2.44. The van der Waals surface area contributed by atoms with Crippen molar-refractivity contribution in [3.8, 4) is 0 Å². The first-order valence-corrected chi connectivity index (χ1v) is 6.38. The second-order valence-electron chi connectivity index (χ2n) is 4.79. The highest BCUT2D eigenvalue weighted by Gasteiger charge is 2.32. The SMILES string of the molecule is COCCCN1CCN[C@H]2CCCC[C@H]21. The van der Waals surface area contributed by atoms with Crippen molar-refractivity contribution >= 4 is 0 Å². The highest BCUT2D eigenvalue weighted by molar-refractivity contribution is 4.91. The molecular formula is C12H24N2O. The third-order valence-electron chi connectivity index (χ3n) is 3.80. The molecular weight excluding hydrogens is 188 g/mol. The van der Waals surface area contributed by atoms with Crippen LogP contribution in [0.2, 0.25) is 0 Å². The molecule has 2 rings (SSSR count). The Hall–Kier alpha value is -0.120. The largest absolute Gasteiger partial charge is 0.385 e. The molecule has 2 aliphatic rings. The summed E-state index contributed by atoms with van der Waals surface area (Å²) in [5, 5.41) is 3.67. The van der Waals surface area contributed by atoms with E-state index in [1.54, 1.807) is 7.11 Å². The van der Waals surface area contributed by atoms with Gasteiger partial charge in [0.2, 0.25) is 0 Å². The van der Waals surface area contributed by atoms with Crippen molar-refractivity contribution in [2.45, 2.75) is 44.2 Å². The van der Waals surface area contributed by atoms with Crippen LogP contribution in [0.1, 0.15) is 32.1 Å². The lowest BCUT2D eigenvalue weighted by atomic mass is 9.87. The summed E-state index contributed by atoms with van der Waals surface area (Å²) in [6.45, 7) is 4.52. The molecule has 1 N–H and O–H groups in total. The molecule has 0 aromatic rings. The summed E-state index contributed by atoms with van der Waals surface area (Å²) >= 11 is 0. The minimum Gasteiger partial charge on any atom is -0.385 e. The third kappa shape index (κ3) is 2.92. The van der Waals surface area contributed by atoms with Crippen LogP contribution in [0.4, 0.5) is 0 Å². The van der Waals surface area contributed by atoms with Gasteiger partial charge in [0.25, 0.3) is 0 Å². The van der Waals surface area contributed by atoms with Crippen molar-refractivity contribution < 1.29 is 4.74 Å². The Labute approximate surface area is 93.2 Å². The topological polar surface area (TPSA) is 24.5 Å². The Morgan fingerprint density at radius 3 is 3.07 bits per heavy atom. The molecule has 15 heavy (non-hydrogen) atoms. The molecule has 3 nitrogen and oxygen atoms in total. The Kier molecular flexibility index (Phi) is 4.42. The Balaban J connectivity index is 1.81. The van der Waals surface area contributed by atoms with Crippen molar-refractivity contribution in [1.29, 1.82) is 0 Å². The van der Waals surface area contributed by atoms with Crippen LogP contribution < -0.4 is 5.32 Å². The Morgan fingerprint density at radius 1 is 1.33 bits per heavy atom. The van der Waals surface area contributed by atoms with E-state index < -0.39 is 0 Å². The van der Waals surface area contributed by atoms with Gasteiger partial charge in [0, 0.05) is 45.4 Å². The predicted molar refractivity (Wildman–Crippen MR) is 62.1 cm³/mol. The number of rotatable bonds is 4. The fraction of sp³-hybridized carbons (Fsp3) is 1.00. The van der Waals surface area contributed by atoms with E-state index in [0.717, 1.165) is 18.7 Å². The average Bonchev–Trinajstić information content (AvgIpc) is 2.30. The lowest BCUT2D eigenvalue weighted by Crippen LogP contribution is -2.59. The van der Waals surface area contributed by atoms with E-state index in [1.165, 1.54) is 51.7 Å². The standard InChI is InChI=1S/C12H24N2O/c1-15-10-4-8-14-9-7-13-11-5-2-3-6-12(11)14/h11-13H,2-10H2,1H3/t11-,12+/m0/s1. The molecule has 0 unspecified atom stereocenters. The molecule has 88 valence electrons. The summed E-state index contributed by atoms with van der Waals surface area (Å²) in [4.78, 5) is 2.68. The summed E-state index contributed by atoms with van der Waals surface area (Å²) in [6.07, 6.45) is 6.79. The van der Waals surface area contributed by atoms with Crippen LogP contribution in [-0.2, 0) is 4.74 Å². The van der Waals surface area contributed by atoms with Gasteiger partial charge in [-0.25, -0.2) is 0 Å². The summed E-state index contributed by atoms with van der Waals surface area (Å²) < 4.78 is 5.13. The predicted octanol–water partition coefficient (Wildman–Crippen LogP) is 1.24. The number of nitrogens with zero attached hydrogens (tertiary/aromatic N) is 1. The summed E-state index contributed by atoms with van der Waals surface area (Å²) in [6, 6.07) is 1.58. The fourth-order valence-electron chi connectivity index (χ4n) is 3.04. The maximum atomic E-state index is 5.13. The first-order chi connectivity index (χ1) is 7.42. The number of fused-ring (bicyclic) bond motifs is 1. The molecule has 1 aliphatic carbocycles. The van der Waals surface area contributed by atoms with Gasteiger partial charge in [0.1, 0.15) is 0 Å². The normalized spacial score (nSPS) is 32.6. The van der Waals surface area contributed by atoms with E-state index in [9.17, 15) is 0 Å². The smallest absolute Gasteiger partial charge is 0.0474 e. The van der Waals surface area contributed by atoms with Gasteiger partial charge in [-0.2, -0.15) is 0 Å². The molecule has 2 atom stereocenters. The zero-order valence-electron chi connectivity index (χ0n) is 9.87. The quantitative estimate of drug-likeness (QED) is 0.710. The third-order valence-corrected chi connectivity index (χ3v) is 3.80. The summed E-state index contributed by atoms with van der Waals surface area (Å²) in [7, 11) is 1.79. The van der Waals surface area contributed by atoms with Crippen LogP contribution in [-0.4, -0.2) is 50.3 Å². The highest BCUT2D eigenvalue weighted by Crippen LogP contribution is 2.25. The van der Waals surface area contributed by atoms with Crippen molar-refractivity contribution in [2.24, 2.45) is 0 Å². The molecule has 2 fully saturated rings. The van der Waals surface area contributed by atoms with Gasteiger partial charge in [-0.3, -0.25) is 4.90 Å². The van der Waals surface area contributed by atoms with E-state index in [4.69, 9.17) is 4.74 Å². The maximum absolute atomic E-state index is 5.13. The second kappa shape index (κ2) is 5.83. The van der Waals surface area contributed by atoms with E-state index in [-0.39, 0.29) is 0 Å². The number of ether oxygens (including phenoxy) is 1. The molecule has 0 aromatic carbocycles. The number of nitrogens with one attached hydrogen (secondary N) is 1. The Bertz CT molecular complexity index is 184. The molecule has 1 saturated heterocycles. The molecule has 3 heteroatoms.